The molecule has 0 aromatic carbocycles. The van der Waals surface area contributed by atoms with Crippen LogP contribution in [0.15, 0.2) is 4.99 Å². The third-order valence-corrected chi connectivity index (χ3v) is 7.55. The van der Waals surface area contributed by atoms with E-state index in [0.717, 1.165) is 45.4 Å². The first-order valence-electron chi connectivity index (χ1n) is 10.0. The standard InChI is InChI=1S/C19H31N3O2/c1-2-20-17(22-9-7-18(12-22)8-11-23-13-18)21-15-14-4-10-24-16(14)19(15)5-3-6-19/h14-16H,2-13H2,1H3,(H,20,21). The Morgan fingerprint density at radius 3 is 2.88 bits per heavy atom. The monoisotopic (exact) mass is 333 g/mol. The van der Waals surface area contributed by atoms with Crippen LogP contribution < -0.4 is 5.32 Å². The second-order valence-electron chi connectivity index (χ2n) is 8.72. The Bertz CT molecular complexity index is 525. The van der Waals surface area contributed by atoms with Gasteiger partial charge >= 0.3 is 0 Å². The number of nitrogens with zero attached hydrogens (tertiary/aromatic N) is 2. The fraction of sp³-hybridized carbons (Fsp3) is 0.947. The summed E-state index contributed by atoms with van der Waals surface area (Å²) in [6.07, 6.45) is 8.26. The number of hydrogen-bond acceptors (Lipinski definition) is 3. The van der Waals surface area contributed by atoms with Crippen LogP contribution in [-0.2, 0) is 9.47 Å². The van der Waals surface area contributed by atoms with Gasteiger partial charge in [0.2, 0.25) is 0 Å². The molecule has 5 heteroatoms. The predicted octanol–water partition coefficient (Wildman–Crippen LogP) is 2.02. The minimum Gasteiger partial charge on any atom is -0.381 e. The highest BCUT2D eigenvalue weighted by Crippen LogP contribution is 2.62. The molecule has 3 aliphatic heterocycles. The van der Waals surface area contributed by atoms with Gasteiger partial charge in [0.1, 0.15) is 0 Å². The number of rotatable bonds is 2. The lowest BCUT2D eigenvalue weighted by molar-refractivity contribution is -0.171. The maximum absolute atomic E-state index is 6.07. The lowest BCUT2D eigenvalue weighted by Gasteiger charge is -2.63. The second-order valence-corrected chi connectivity index (χ2v) is 8.72. The molecule has 5 fully saturated rings. The molecule has 5 nitrogen and oxygen atoms in total. The topological polar surface area (TPSA) is 46.1 Å². The first kappa shape index (κ1) is 15.4. The summed E-state index contributed by atoms with van der Waals surface area (Å²) in [5, 5.41) is 3.92. The molecule has 5 rings (SSSR count). The summed E-state index contributed by atoms with van der Waals surface area (Å²) in [5.41, 5.74) is 0.812. The van der Waals surface area contributed by atoms with E-state index in [9.17, 15) is 0 Å². The van der Waals surface area contributed by atoms with Crippen LogP contribution in [0.5, 0.6) is 0 Å². The number of nitrogens with one attached hydrogen (secondary N) is 1. The molecule has 1 N–H and O–H groups in total. The van der Waals surface area contributed by atoms with Crippen molar-refractivity contribution < 1.29 is 9.47 Å². The maximum atomic E-state index is 6.07. The summed E-state index contributed by atoms with van der Waals surface area (Å²) in [5.74, 6) is 1.86. The maximum Gasteiger partial charge on any atom is 0.194 e. The molecule has 2 saturated carbocycles. The van der Waals surface area contributed by atoms with Crippen LogP contribution in [0, 0.1) is 16.7 Å². The van der Waals surface area contributed by atoms with E-state index < -0.39 is 0 Å². The molecular formula is C19H31N3O2. The minimum atomic E-state index is 0.392. The Balaban J connectivity index is 1.31. The number of hydrogen-bond donors (Lipinski definition) is 1. The summed E-state index contributed by atoms with van der Waals surface area (Å²) in [4.78, 5) is 7.38. The molecule has 24 heavy (non-hydrogen) atoms. The van der Waals surface area contributed by atoms with E-state index in [-0.39, 0.29) is 0 Å². The highest BCUT2D eigenvalue weighted by Gasteiger charge is 2.67. The Hall–Kier alpha value is -0.810. The largest absolute Gasteiger partial charge is 0.381 e. The SMILES string of the molecule is CCN=C(NC1C2CCOC2C12CCC2)N1CCC2(CCOC2)C1. The van der Waals surface area contributed by atoms with Gasteiger partial charge in [-0.15, -0.1) is 0 Å². The third kappa shape index (κ3) is 2.10. The van der Waals surface area contributed by atoms with Crippen molar-refractivity contribution in [3.8, 4) is 0 Å². The van der Waals surface area contributed by atoms with Gasteiger partial charge < -0.3 is 19.7 Å². The first-order chi connectivity index (χ1) is 11.8. The molecule has 2 aliphatic carbocycles. The number of aliphatic imine (C=N–C) groups is 1. The van der Waals surface area contributed by atoms with Gasteiger partial charge in [-0.25, -0.2) is 0 Å². The van der Waals surface area contributed by atoms with Gasteiger partial charge in [0.15, 0.2) is 5.96 Å². The van der Waals surface area contributed by atoms with Crippen LogP contribution in [0.4, 0.5) is 0 Å². The number of fused-ring (bicyclic) bond motifs is 2. The highest BCUT2D eigenvalue weighted by atomic mass is 16.5. The van der Waals surface area contributed by atoms with Gasteiger partial charge in [-0.3, -0.25) is 4.99 Å². The average Bonchev–Trinajstić information content (AvgIpc) is 3.25. The van der Waals surface area contributed by atoms with E-state index in [2.05, 4.69) is 17.1 Å². The van der Waals surface area contributed by atoms with Crippen molar-refractivity contribution in [3.63, 3.8) is 0 Å². The van der Waals surface area contributed by atoms with Gasteiger partial charge in [0, 0.05) is 55.6 Å². The van der Waals surface area contributed by atoms with E-state index in [1.165, 1.54) is 38.5 Å². The molecule has 0 aromatic heterocycles. The second kappa shape index (κ2) is 5.60. The molecule has 0 aromatic rings. The van der Waals surface area contributed by atoms with E-state index in [0.29, 0.717) is 28.9 Å². The molecule has 4 atom stereocenters. The molecule has 4 unspecified atom stereocenters. The molecular weight excluding hydrogens is 302 g/mol. The van der Waals surface area contributed by atoms with Crippen molar-refractivity contribution >= 4 is 5.96 Å². The Labute approximate surface area is 145 Å². The van der Waals surface area contributed by atoms with Crippen LogP contribution in [0.25, 0.3) is 0 Å². The molecule has 0 amide bonds. The van der Waals surface area contributed by atoms with Gasteiger partial charge in [-0.2, -0.15) is 0 Å². The normalized spacial score (nSPS) is 43.1. The lowest BCUT2D eigenvalue weighted by Crippen LogP contribution is -2.72. The summed E-state index contributed by atoms with van der Waals surface area (Å²) in [6, 6.07) is 0.584. The van der Waals surface area contributed by atoms with E-state index in [4.69, 9.17) is 14.5 Å². The van der Waals surface area contributed by atoms with Crippen LogP contribution in [0.2, 0.25) is 0 Å². The van der Waals surface area contributed by atoms with Crippen LogP contribution >= 0.6 is 0 Å². The summed E-state index contributed by atoms with van der Waals surface area (Å²) in [6.45, 7) is 8.08. The Morgan fingerprint density at radius 1 is 1.25 bits per heavy atom. The van der Waals surface area contributed by atoms with Gasteiger partial charge in [-0.05, 0) is 39.0 Å². The molecule has 0 bridgehead atoms. The van der Waals surface area contributed by atoms with Crippen LogP contribution in [-0.4, -0.2) is 62.5 Å². The molecule has 3 heterocycles. The van der Waals surface area contributed by atoms with Crippen molar-refractivity contribution in [1.29, 1.82) is 0 Å². The molecule has 3 saturated heterocycles. The molecule has 134 valence electrons. The van der Waals surface area contributed by atoms with E-state index in [1.807, 2.05) is 0 Å². The third-order valence-electron chi connectivity index (χ3n) is 7.55. The zero-order chi connectivity index (χ0) is 16.2. The van der Waals surface area contributed by atoms with Crippen LogP contribution in [0.3, 0.4) is 0 Å². The Kier molecular flexibility index (Phi) is 3.60. The minimum absolute atomic E-state index is 0.392. The first-order valence-corrected chi connectivity index (χ1v) is 10.0. The quantitative estimate of drug-likeness (QED) is 0.620. The molecule has 0 radical (unpaired) electrons. The van der Waals surface area contributed by atoms with Gasteiger partial charge in [0.25, 0.3) is 0 Å². The summed E-state index contributed by atoms with van der Waals surface area (Å²) in [7, 11) is 0. The van der Waals surface area contributed by atoms with E-state index in [1.54, 1.807) is 0 Å². The highest BCUT2D eigenvalue weighted by molar-refractivity contribution is 5.81. The predicted molar refractivity (Wildman–Crippen MR) is 93.1 cm³/mol. The molecule has 2 spiro atoms. The van der Waals surface area contributed by atoms with Gasteiger partial charge in [0.05, 0.1) is 12.7 Å². The average molecular weight is 333 g/mol. The number of guanidine groups is 1. The van der Waals surface area contributed by atoms with Crippen molar-refractivity contribution in [2.24, 2.45) is 21.7 Å². The van der Waals surface area contributed by atoms with Crippen LogP contribution in [0.1, 0.15) is 45.4 Å². The van der Waals surface area contributed by atoms with Crippen molar-refractivity contribution in [3.05, 3.63) is 0 Å². The van der Waals surface area contributed by atoms with E-state index >= 15 is 0 Å². The van der Waals surface area contributed by atoms with Crippen molar-refractivity contribution in [1.82, 2.24) is 10.2 Å². The van der Waals surface area contributed by atoms with Gasteiger partial charge in [-0.1, -0.05) is 6.42 Å². The zero-order valence-electron chi connectivity index (χ0n) is 14.9. The smallest absolute Gasteiger partial charge is 0.194 e. The van der Waals surface area contributed by atoms with Crippen molar-refractivity contribution in [2.45, 2.75) is 57.6 Å². The lowest BCUT2D eigenvalue weighted by atomic mass is 9.46. The fourth-order valence-electron chi connectivity index (χ4n) is 6.07. The summed E-state index contributed by atoms with van der Waals surface area (Å²) >= 11 is 0. The molecule has 5 aliphatic rings. The summed E-state index contributed by atoms with van der Waals surface area (Å²) < 4.78 is 11.8. The number of likely N-dealkylation sites (tertiary alicyclic amines) is 1. The zero-order valence-corrected chi connectivity index (χ0v) is 14.9. The fourth-order valence-corrected chi connectivity index (χ4v) is 6.07. The van der Waals surface area contributed by atoms with Crippen molar-refractivity contribution in [2.75, 3.05) is 39.5 Å². The number of ether oxygens (including phenoxy) is 2. The Morgan fingerprint density at radius 2 is 2.17 bits per heavy atom.